The van der Waals surface area contributed by atoms with Gasteiger partial charge in [-0.3, -0.25) is 4.79 Å². The van der Waals surface area contributed by atoms with E-state index in [9.17, 15) is 4.79 Å². The van der Waals surface area contributed by atoms with Crippen LogP contribution in [0.4, 0.5) is 11.4 Å². The molecule has 0 radical (unpaired) electrons. The quantitative estimate of drug-likeness (QED) is 0.903. The molecule has 1 fully saturated rings. The second-order valence-corrected chi connectivity index (χ2v) is 7.53. The Kier molecular flexibility index (Phi) is 4.08. The summed E-state index contributed by atoms with van der Waals surface area (Å²) in [5.74, 6) is -0.0599. The third-order valence-corrected chi connectivity index (χ3v) is 5.25. The van der Waals surface area contributed by atoms with E-state index in [0.717, 1.165) is 17.7 Å². The smallest absolute Gasteiger partial charge is 0.221 e. The van der Waals surface area contributed by atoms with Crippen LogP contribution < -0.4 is 10.2 Å². The molecule has 2 atom stereocenters. The number of rotatable bonds is 3. The van der Waals surface area contributed by atoms with Gasteiger partial charge in [-0.05, 0) is 43.2 Å². The number of nitrogens with one attached hydrogen (secondary N) is 1. The van der Waals surface area contributed by atoms with Crippen molar-refractivity contribution in [3.8, 4) is 0 Å². The van der Waals surface area contributed by atoms with Crippen LogP contribution in [0.1, 0.15) is 31.9 Å². The Labute approximate surface area is 154 Å². The number of carbonyl (C=O) groups excluding carboxylic acids is 1. The summed E-state index contributed by atoms with van der Waals surface area (Å²) in [5, 5.41) is 2.78. The van der Waals surface area contributed by atoms with Crippen molar-refractivity contribution in [1.29, 1.82) is 0 Å². The van der Waals surface area contributed by atoms with Gasteiger partial charge in [-0.1, -0.05) is 42.5 Å². The van der Waals surface area contributed by atoms with E-state index >= 15 is 0 Å². The molecule has 0 aliphatic carbocycles. The van der Waals surface area contributed by atoms with Crippen molar-refractivity contribution < 1.29 is 9.53 Å². The Morgan fingerprint density at radius 1 is 1.19 bits per heavy atom. The largest absolute Gasteiger partial charge is 0.348 e. The molecule has 0 saturated carbocycles. The average molecular weight is 348 g/mol. The van der Waals surface area contributed by atoms with Crippen molar-refractivity contribution in [3.05, 3.63) is 65.7 Å². The van der Waals surface area contributed by atoms with Crippen LogP contribution in [-0.4, -0.2) is 23.8 Å². The maximum Gasteiger partial charge on any atom is 0.221 e. The number of benzene rings is 2. The second kappa shape index (κ2) is 6.29. The lowest BCUT2D eigenvalue weighted by Gasteiger charge is -2.34. The first-order valence-electron chi connectivity index (χ1n) is 9.04. The summed E-state index contributed by atoms with van der Waals surface area (Å²) in [5.41, 5.74) is 4.44. The predicted molar refractivity (Wildman–Crippen MR) is 105 cm³/mol. The van der Waals surface area contributed by atoms with Gasteiger partial charge in [0, 0.05) is 24.7 Å². The molecule has 2 aliphatic heterocycles. The molecule has 0 aromatic heterocycles. The van der Waals surface area contributed by atoms with Gasteiger partial charge >= 0.3 is 0 Å². The number of ether oxygens (including phenoxy) is 1. The Morgan fingerprint density at radius 2 is 1.92 bits per heavy atom. The number of carbonyl (C=O) groups is 1. The molecule has 1 amide bonds. The van der Waals surface area contributed by atoms with E-state index in [1.165, 1.54) is 18.2 Å². The van der Waals surface area contributed by atoms with E-state index in [2.05, 4.69) is 60.5 Å². The Bertz CT molecular complexity index is 855. The average Bonchev–Trinajstić information content (AvgIpc) is 3.08. The van der Waals surface area contributed by atoms with E-state index < -0.39 is 0 Å². The summed E-state index contributed by atoms with van der Waals surface area (Å²) in [6, 6.07) is 16.4. The van der Waals surface area contributed by atoms with Gasteiger partial charge in [-0.15, -0.1) is 0 Å². The molecule has 134 valence electrons. The first-order chi connectivity index (χ1) is 12.4. The molecule has 4 heteroatoms. The van der Waals surface area contributed by atoms with Crippen LogP contribution in [0.2, 0.25) is 0 Å². The second-order valence-electron chi connectivity index (χ2n) is 7.53. The molecule has 2 aromatic carbocycles. The molecule has 4 nitrogen and oxygen atoms in total. The lowest BCUT2D eigenvalue weighted by molar-refractivity contribution is -0.114. The highest BCUT2D eigenvalue weighted by atomic mass is 16.5. The maximum atomic E-state index is 11.1. The fourth-order valence-electron chi connectivity index (χ4n) is 3.98. The highest BCUT2D eigenvalue weighted by molar-refractivity contribution is 5.88. The number of nitrogens with zero attached hydrogens (tertiary/aromatic N) is 1. The van der Waals surface area contributed by atoms with Gasteiger partial charge in [0.05, 0.1) is 5.54 Å². The van der Waals surface area contributed by atoms with Crippen LogP contribution in [0.25, 0.3) is 6.08 Å². The minimum atomic E-state index is -0.107. The lowest BCUT2D eigenvalue weighted by atomic mass is 9.95. The molecule has 26 heavy (non-hydrogen) atoms. The minimum Gasteiger partial charge on any atom is -0.348 e. The number of hydrogen-bond acceptors (Lipinski definition) is 3. The number of hydrogen-bond donors (Lipinski definition) is 1. The van der Waals surface area contributed by atoms with E-state index in [-0.39, 0.29) is 23.8 Å². The van der Waals surface area contributed by atoms with Crippen molar-refractivity contribution in [2.45, 2.75) is 45.1 Å². The number of amides is 1. The molecule has 2 aromatic rings. The zero-order valence-electron chi connectivity index (χ0n) is 15.4. The summed E-state index contributed by atoms with van der Waals surface area (Å²) in [7, 11) is 0. The van der Waals surface area contributed by atoms with E-state index in [1.54, 1.807) is 0 Å². The normalized spacial score (nSPS) is 23.1. The fraction of sp³-hybridized carbons (Fsp3) is 0.318. The summed E-state index contributed by atoms with van der Waals surface area (Å²) < 4.78 is 6.36. The lowest BCUT2D eigenvalue weighted by Crippen LogP contribution is -2.45. The SMILES string of the molecule is CC(=O)Nc1ccc(C=CC2OC3Cc4ccccc4N3C2(C)C)cc1. The topological polar surface area (TPSA) is 41.6 Å². The highest BCUT2D eigenvalue weighted by Gasteiger charge is 2.50. The Hall–Kier alpha value is -2.59. The van der Waals surface area contributed by atoms with Gasteiger partial charge in [0.15, 0.2) is 0 Å². The predicted octanol–water partition coefficient (Wildman–Crippen LogP) is 4.22. The van der Waals surface area contributed by atoms with Gasteiger partial charge in [0.2, 0.25) is 5.91 Å². The molecular formula is C22H24N2O2. The summed E-state index contributed by atoms with van der Waals surface area (Å²) in [6.07, 6.45) is 5.32. The third-order valence-electron chi connectivity index (χ3n) is 5.25. The molecule has 4 rings (SSSR count). The zero-order valence-corrected chi connectivity index (χ0v) is 15.4. The van der Waals surface area contributed by atoms with Crippen LogP contribution in [0.3, 0.4) is 0 Å². The van der Waals surface area contributed by atoms with Crippen LogP contribution >= 0.6 is 0 Å². The highest BCUT2D eigenvalue weighted by Crippen LogP contribution is 2.45. The molecule has 1 saturated heterocycles. The fourth-order valence-corrected chi connectivity index (χ4v) is 3.98. The van der Waals surface area contributed by atoms with E-state index in [1.807, 2.05) is 24.3 Å². The van der Waals surface area contributed by atoms with Crippen LogP contribution in [0.5, 0.6) is 0 Å². The van der Waals surface area contributed by atoms with Crippen LogP contribution in [0.15, 0.2) is 54.6 Å². The number of anilines is 2. The van der Waals surface area contributed by atoms with Crippen LogP contribution in [-0.2, 0) is 16.0 Å². The molecule has 2 unspecified atom stereocenters. The third kappa shape index (κ3) is 2.90. The molecule has 2 heterocycles. The van der Waals surface area contributed by atoms with Crippen molar-refractivity contribution in [2.24, 2.45) is 0 Å². The van der Waals surface area contributed by atoms with Crippen molar-refractivity contribution in [3.63, 3.8) is 0 Å². The van der Waals surface area contributed by atoms with Crippen molar-refractivity contribution in [2.75, 3.05) is 10.2 Å². The summed E-state index contributed by atoms with van der Waals surface area (Å²) in [6.45, 7) is 5.99. The monoisotopic (exact) mass is 348 g/mol. The molecule has 0 spiro atoms. The summed E-state index contributed by atoms with van der Waals surface area (Å²) >= 11 is 0. The number of fused-ring (bicyclic) bond motifs is 3. The Morgan fingerprint density at radius 3 is 2.65 bits per heavy atom. The zero-order chi connectivity index (χ0) is 18.3. The van der Waals surface area contributed by atoms with Crippen LogP contribution in [0, 0.1) is 0 Å². The maximum absolute atomic E-state index is 11.1. The van der Waals surface area contributed by atoms with Crippen molar-refractivity contribution >= 4 is 23.4 Å². The van der Waals surface area contributed by atoms with Gasteiger partial charge in [-0.25, -0.2) is 0 Å². The van der Waals surface area contributed by atoms with Gasteiger partial charge in [-0.2, -0.15) is 0 Å². The molecule has 0 bridgehead atoms. The number of para-hydroxylation sites is 1. The molecule has 1 N–H and O–H groups in total. The first kappa shape index (κ1) is 16.9. The first-order valence-corrected chi connectivity index (χ1v) is 9.04. The van der Waals surface area contributed by atoms with E-state index in [0.29, 0.717) is 0 Å². The van der Waals surface area contributed by atoms with Crippen molar-refractivity contribution in [1.82, 2.24) is 0 Å². The standard InChI is InChI=1S/C22H24N2O2/c1-15(25)23-18-11-8-16(9-12-18)10-13-20-22(2,3)24-19-7-5-4-6-17(19)14-21(24)26-20/h4-13,20-21H,14H2,1-3H3,(H,23,25). The molecule has 2 aliphatic rings. The van der Waals surface area contributed by atoms with Gasteiger partial charge < -0.3 is 15.0 Å². The van der Waals surface area contributed by atoms with E-state index in [4.69, 9.17) is 4.74 Å². The summed E-state index contributed by atoms with van der Waals surface area (Å²) in [4.78, 5) is 13.5. The minimum absolute atomic E-state index is 0.0240. The Balaban J connectivity index is 1.51. The van der Waals surface area contributed by atoms with Gasteiger partial charge in [0.1, 0.15) is 12.3 Å². The molecular weight excluding hydrogens is 324 g/mol. The van der Waals surface area contributed by atoms with Gasteiger partial charge in [0.25, 0.3) is 0 Å².